The highest BCUT2D eigenvalue weighted by Gasteiger charge is 2.16. The normalized spacial score (nSPS) is 17.7. The van der Waals surface area contributed by atoms with E-state index in [1.165, 1.54) is 6.42 Å². The zero-order valence-electron chi connectivity index (χ0n) is 13.2. The van der Waals surface area contributed by atoms with Crippen molar-refractivity contribution in [3.8, 4) is 0 Å². The predicted octanol–water partition coefficient (Wildman–Crippen LogP) is 1.04. The van der Waals surface area contributed by atoms with Crippen molar-refractivity contribution in [1.29, 1.82) is 0 Å². The quantitative estimate of drug-likeness (QED) is 0.794. The molecule has 120 valence electrons. The van der Waals surface area contributed by atoms with E-state index >= 15 is 0 Å². The maximum atomic E-state index is 5.18. The largest absolute Gasteiger partial charge is 0.339 e. The second-order valence-corrected chi connectivity index (χ2v) is 5.70. The molecule has 2 aromatic rings. The van der Waals surface area contributed by atoms with Crippen LogP contribution >= 0.6 is 0 Å². The average molecular weight is 304 g/mol. The van der Waals surface area contributed by atoms with Gasteiger partial charge in [0.1, 0.15) is 0 Å². The van der Waals surface area contributed by atoms with Gasteiger partial charge in [-0.3, -0.25) is 9.58 Å². The first-order chi connectivity index (χ1) is 10.8. The Hall–Kier alpha value is -1.73. The number of hydrogen-bond donors (Lipinski definition) is 0. The van der Waals surface area contributed by atoms with Gasteiger partial charge < -0.3 is 9.42 Å². The summed E-state index contributed by atoms with van der Waals surface area (Å²) in [6.07, 6.45) is 5.83. The van der Waals surface area contributed by atoms with Crippen LogP contribution in [0.5, 0.6) is 0 Å². The van der Waals surface area contributed by atoms with Gasteiger partial charge in [-0.25, -0.2) is 0 Å². The van der Waals surface area contributed by atoms with Gasteiger partial charge in [-0.2, -0.15) is 10.1 Å². The van der Waals surface area contributed by atoms with Gasteiger partial charge >= 0.3 is 0 Å². The maximum Gasteiger partial charge on any atom is 0.226 e. The highest BCUT2D eigenvalue weighted by molar-refractivity contribution is 4.86. The molecule has 22 heavy (non-hydrogen) atoms. The first kappa shape index (κ1) is 15.2. The Bertz CT molecular complexity index is 552. The third-order valence-corrected chi connectivity index (χ3v) is 4.06. The molecule has 0 saturated carbocycles. The molecule has 1 fully saturated rings. The Morgan fingerprint density at radius 1 is 1.14 bits per heavy atom. The van der Waals surface area contributed by atoms with Gasteiger partial charge in [-0.1, -0.05) is 12.1 Å². The molecule has 0 amide bonds. The van der Waals surface area contributed by atoms with Crippen molar-refractivity contribution in [2.75, 3.05) is 32.7 Å². The van der Waals surface area contributed by atoms with Crippen molar-refractivity contribution in [2.45, 2.75) is 32.9 Å². The van der Waals surface area contributed by atoms with Gasteiger partial charge in [-0.05, 0) is 25.6 Å². The highest BCUT2D eigenvalue weighted by Crippen LogP contribution is 2.08. The van der Waals surface area contributed by atoms with Gasteiger partial charge in [-0.15, -0.1) is 0 Å². The summed E-state index contributed by atoms with van der Waals surface area (Å²) in [6, 6.07) is 1.97. The van der Waals surface area contributed by atoms with Crippen molar-refractivity contribution in [3.05, 3.63) is 30.2 Å². The van der Waals surface area contributed by atoms with E-state index in [0.717, 1.165) is 63.9 Å². The summed E-state index contributed by atoms with van der Waals surface area (Å²) >= 11 is 0. The Balaban J connectivity index is 1.45. The van der Waals surface area contributed by atoms with Crippen LogP contribution in [0.1, 0.15) is 25.1 Å². The topological polar surface area (TPSA) is 63.2 Å². The summed E-state index contributed by atoms with van der Waals surface area (Å²) < 4.78 is 7.17. The van der Waals surface area contributed by atoms with Gasteiger partial charge in [0.25, 0.3) is 0 Å². The van der Waals surface area contributed by atoms with Crippen LogP contribution in [-0.2, 0) is 19.5 Å². The molecule has 0 bridgehead atoms. The van der Waals surface area contributed by atoms with E-state index in [2.05, 4.69) is 25.0 Å². The zero-order valence-corrected chi connectivity index (χ0v) is 13.2. The summed E-state index contributed by atoms with van der Waals surface area (Å²) in [4.78, 5) is 9.32. The molecule has 1 aliphatic rings. The number of aromatic nitrogens is 4. The SMILES string of the molecule is CCc1nc(CN2CCCN(CCn3cccn3)CC2)no1. The van der Waals surface area contributed by atoms with Crippen LogP contribution in [0.4, 0.5) is 0 Å². The highest BCUT2D eigenvalue weighted by atomic mass is 16.5. The van der Waals surface area contributed by atoms with Crippen LogP contribution in [-0.4, -0.2) is 62.4 Å². The molecule has 2 aromatic heterocycles. The summed E-state index contributed by atoms with van der Waals surface area (Å²) in [6.45, 7) is 9.19. The molecule has 0 spiro atoms. The fraction of sp³-hybridized carbons (Fsp3) is 0.667. The third-order valence-electron chi connectivity index (χ3n) is 4.06. The van der Waals surface area contributed by atoms with Crippen molar-refractivity contribution in [3.63, 3.8) is 0 Å². The van der Waals surface area contributed by atoms with Crippen molar-refractivity contribution >= 4 is 0 Å². The molecule has 1 saturated heterocycles. The second kappa shape index (κ2) is 7.51. The lowest BCUT2D eigenvalue weighted by Crippen LogP contribution is -2.32. The number of aryl methyl sites for hydroxylation is 1. The molecule has 0 N–H and O–H groups in total. The standard InChI is InChI=1S/C15H24N6O/c1-2-15-17-14(18-22-15)13-20-7-4-6-19(9-10-20)11-12-21-8-3-5-16-21/h3,5,8H,2,4,6-7,9-13H2,1H3. The molecule has 3 rings (SSSR count). The molecule has 0 radical (unpaired) electrons. The maximum absolute atomic E-state index is 5.18. The fourth-order valence-electron chi connectivity index (χ4n) is 2.78. The van der Waals surface area contributed by atoms with Crippen molar-refractivity contribution in [2.24, 2.45) is 0 Å². The smallest absolute Gasteiger partial charge is 0.226 e. The number of nitrogens with zero attached hydrogens (tertiary/aromatic N) is 6. The minimum atomic E-state index is 0.727. The molecule has 0 aromatic carbocycles. The Kier molecular flexibility index (Phi) is 5.18. The number of rotatable bonds is 6. The fourth-order valence-corrected chi connectivity index (χ4v) is 2.78. The lowest BCUT2D eigenvalue weighted by molar-refractivity contribution is 0.238. The van der Waals surface area contributed by atoms with E-state index in [9.17, 15) is 0 Å². The molecule has 3 heterocycles. The van der Waals surface area contributed by atoms with Crippen LogP contribution in [0.3, 0.4) is 0 Å². The van der Waals surface area contributed by atoms with E-state index in [0.29, 0.717) is 0 Å². The minimum absolute atomic E-state index is 0.727. The molecule has 0 atom stereocenters. The van der Waals surface area contributed by atoms with Crippen LogP contribution in [0.15, 0.2) is 23.0 Å². The monoisotopic (exact) mass is 304 g/mol. The van der Waals surface area contributed by atoms with Gasteiger partial charge in [0, 0.05) is 38.4 Å². The zero-order chi connectivity index (χ0) is 15.2. The van der Waals surface area contributed by atoms with E-state index in [1.54, 1.807) is 0 Å². The van der Waals surface area contributed by atoms with Gasteiger partial charge in [0.2, 0.25) is 5.89 Å². The summed E-state index contributed by atoms with van der Waals surface area (Å²) in [7, 11) is 0. The summed E-state index contributed by atoms with van der Waals surface area (Å²) in [5.74, 6) is 1.53. The van der Waals surface area contributed by atoms with E-state index in [1.807, 2.05) is 30.1 Å². The van der Waals surface area contributed by atoms with E-state index in [4.69, 9.17) is 4.52 Å². The van der Waals surface area contributed by atoms with Crippen molar-refractivity contribution in [1.82, 2.24) is 29.7 Å². The average Bonchev–Trinajstić information content (AvgIpc) is 3.15. The Morgan fingerprint density at radius 3 is 2.77 bits per heavy atom. The van der Waals surface area contributed by atoms with Crippen LogP contribution in [0, 0.1) is 0 Å². The molecule has 1 aliphatic heterocycles. The number of hydrogen-bond acceptors (Lipinski definition) is 6. The summed E-state index contributed by atoms with van der Waals surface area (Å²) in [5.41, 5.74) is 0. The third kappa shape index (κ3) is 4.14. The van der Waals surface area contributed by atoms with Gasteiger partial charge in [0.15, 0.2) is 5.82 Å². The first-order valence-corrected chi connectivity index (χ1v) is 8.07. The lowest BCUT2D eigenvalue weighted by atomic mass is 10.3. The van der Waals surface area contributed by atoms with Crippen LogP contribution in [0.25, 0.3) is 0 Å². The summed E-state index contributed by atoms with van der Waals surface area (Å²) in [5, 5.41) is 8.31. The van der Waals surface area contributed by atoms with Gasteiger partial charge in [0.05, 0.1) is 13.1 Å². The minimum Gasteiger partial charge on any atom is -0.339 e. The molecule has 7 heteroatoms. The van der Waals surface area contributed by atoms with Crippen molar-refractivity contribution < 1.29 is 4.52 Å². The first-order valence-electron chi connectivity index (χ1n) is 8.07. The van der Waals surface area contributed by atoms with Crippen LogP contribution < -0.4 is 0 Å². The van der Waals surface area contributed by atoms with E-state index < -0.39 is 0 Å². The second-order valence-electron chi connectivity index (χ2n) is 5.70. The molecular weight excluding hydrogens is 280 g/mol. The molecular formula is C15H24N6O. The Labute approximate surface area is 130 Å². The molecule has 0 unspecified atom stereocenters. The lowest BCUT2D eigenvalue weighted by Gasteiger charge is -2.20. The Morgan fingerprint density at radius 2 is 2.00 bits per heavy atom. The molecule has 0 aliphatic carbocycles. The van der Waals surface area contributed by atoms with E-state index in [-0.39, 0.29) is 0 Å². The molecule has 7 nitrogen and oxygen atoms in total. The van der Waals surface area contributed by atoms with Crippen LogP contribution in [0.2, 0.25) is 0 Å². The predicted molar refractivity (Wildman–Crippen MR) is 82.2 cm³/mol.